The highest BCUT2D eigenvalue weighted by Gasteiger charge is 2.35. The van der Waals surface area contributed by atoms with Gasteiger partial charge in [0.2, 0.25) is 17.7 Å². The summed E-state index contributed by atoms with van der Waals surface area (Å²) in [6.45, 7) is 6.24. The molecule has 0 bridgehead atoms. The first-order valence-corrected chi connectivity index (χ1v) is 11.5. The summed E-state index contributed by atoms with van der Waals surface area (Å²) in [7, 11) is 0. The molecule has 0 saturated carbocycles. The lowest BCUT2D eigenvalue weighted by molar-refractivity contribution is -0.145. The molecule has 0 aromatic heterocycles. The number of amides is 3. The van der Waals surface area contributed by atoms with Gasteiger partial charge in [0.25, 0.3) is 0 Å². The Kier molecular flexibility index (Phi) is 7.24. The Bertz CT molecular complexity index is 989. The monoisotopic (exact) mass is 449 g/mol. The van der Waals surface area contributed by atoms with Crippen LogP contribution in [0.1, 0.15) is 12.0 Å². The van der Waals surface area contributed by atoms with Crippen LogP contribution in [0.4, 0.5) is 11.4 Å². The zero-order chi connectivity index (χ0) is 23.2. The summed E-state index contributed by atoms with van der Waals surface area (Å²) in [6, 6.07) is 17.0. The first-order chi connectivity index (χ1) is 16.0. The van der Waals surface area contributed by atoms with Crippen LogP contribution in [0.25, 0.3) is 0 Å². The lowest BCUT2D eigenvalue weighted by atomic mass is 10.1. The Hall–Kier alpha value is -3.39. The predicted octanol–water partition coefficient (Wildman–Crippen LogP) is 1.47. The average molecular weight is 450 g/mol. The van der Waals surface area contributed by atoms with Gasteiger partial charge in [-0.3, -0.25) is 19.3 Å². The minimum Gasteiger partial charge on any atom is -0.369 e. The van der Waals surface area contributed by atoms with E-state index in [4.69, 9.17) is 0 Å². The molecule has 0 aliphatic carbocycles. The van der Waals surface area contributed by atoms with Gasteiger partial charge in [0, 0.05) is 50.6 Å². The lowest BCUT2D eigenvalue weighted by Crippen LogP contribution is -2.60. The molecule has 2 heterocycles. The number of piperazine rings is 2. The number of benzene rings is 2. The molecule has 174 valence electrons. The molecule has 0 radical (unpaired) electrons. The van der Waals surface area contributed by atoms with E-state index in [-0.39, 0.29) is 30.7 Å². The van der Waals surface area contributed by atoms with Crippen molar-refractivity contribution in [3.8, 4) is 0 Å². The van der Waals surface area contributed by atoms with E-state index in [2.05, 4.69) is 32.6 Å². The van der Waals surface area contributed by atoms with Crippen molar-refractivity contribution in [3.63, 3.8) is 0 Å². The average Bonchev–Trinajstić information content (AvgIpc) is 2.83. The Morgan fingerprint density at radius 2 is 1.67 bits per heavy atom. The number of carbonyl (C=O) groups excluding carboxylic acids is 3. The van der Waals surface area contributed by atoms with Gasteiger partial charge in [-0.1, -0.05) is 36.4 Å². The Morgan fingerprint density at radius 3 is 2.39 bits per heavy atom. The molecule has 2 N–H and O–H groups in total. The van der Waals surface area contributed by atoms with Crippen LogP contribution in [0.3, 0.4) is 0 Å². The topological polar surface area (TPSA) is 85.0 Å². The smallest absolute Gasteiger partial charge is 0.243 e. The standard InChI is InChI=1S/C25H31N5O3/c1-19-7-5-6-10-21(19)27-23(31)17-22-25(33)26-11-12-30(22)24(32)18-28-13-15-29(16-14-28)20-8-3-2-4-9-20/h2-10,22H,11-18H2,1H3,(H,26,33)(H,27,31)/t22-/m0/s1. The van der Waals surface area contributed by atoms with E-state index in [0.717, 1.165) is 31.7 Å². The first-order valence-electron chi connectivity index (χ1n) is 11.5. The van der Waals surface area contributed by atoms with Gasteiger partial charge in [-0.05, 0) is 30.7 Å². The molecule has 2 aromatic carbocycles. The summed E-state index contributed by atoms with van der Waals surface area (Å²) in [5.41, 5.74) is 2.85. The molecule has 8 nitrogen and oxygen atoms in total. The number of rotatable bonds is 6. The van der Waals surface area contributed by atoms with Crippen molar-refractivity contribution in [3.05, 3.63) is 60.2 Å². The molecule has 2 saturated heterocycles. The fourth-order valence-corrected chi connectivity index (χ4v) is 4.39. The summed E-state index contributed by atoms with van der Waals surface area (Å²) in [5.74, 6) is -0.657. The fourth-order valence-electron chi connectivity index (χ4n) is 4.39. The van der Waals surface area contributed by atoms with Gasteiger partial charge in [0.05, 0.1) is 13.0 Å². The number of para-hydroxylation sites is 2. The fraction of sp³-hybridized carbons (Fsp3) is 0.400. The molecule has 2 fully saturated rings. The quantitative estimate of drug-likeness (QED) is 0.698. The zero-order valence-electron chi connectivity index (χ0n) is 19.0. The van der Waals surface area contributed by atoms with Crippen LogP contribution in [0.2, 0.25) is 0 Å². The molecule has 3 amide bonds. The summed E-state index contributed by atoms with van der Waals surface area (Å²) < 4.78 is 0. The molecule has 2 aliphatic rings. The second-order valence-corrected chi connectivity index (χ2v) is 8.56. The summed E-state index contributed by atoms with van der Waals surface area (Å²) in [6.07, 6.45) is -0.0618. The molecule has 1 atom stereocenters. The predicted molar refractivity (Wildman–Crippen MR) is 128 cm³/mol. The highest BCUT2D eigenvalue weighted by Crippen LogP contribution is 2.18. The van der Waals surface area contributed by atoms with Crippen LogP contribution < -0.4 is 15.5 Å². The van der Waals surface area contributed by atoms with Crippen LogP contribution in [0.15, 0.2) is 54.6 Å². The van der Waals surface area contributed by atoms with E-state index in [9.17, 15) is 14.4 Å². The normalized spacial score (nSPS) is 19.2. The van der Waals surface area contributed by atoms with E-state index in [0.29, 0.717) is 18.8 Å². The Balaban J connectivity index is 1.33. The van der Waals surface area contributed by atoms with Crippen LogP contribution in [0.5, 0.6) is 0 Å². The lowest BCUT2D eigenvalue weighted by Gasteiger charge is -2.39. The number of nitrogens with zero attached hydrogens (tertiary/aromatic N) is 3. The summed E-state index contributed by atoms with van der Waals surface area (Å²) in [4.78, 5) is 44.3. The largest absolute Gasteiger partial charge is 0.369 e. The van der Waals surface area contributed by atoms with Gasteiger partial charge in [0.1, 0.15) is 6.04 Å². The van der Waals surface area contributed by atoms with Crippen molar-refractivity contribution in [1.29, 1.82) is 0 Å². The van der Waals surface area contributed by atoms with Gasteiger partial charge in [-0.15, -0.1) is 0 Å². The molecule has 2 aliphatic heterocycles. The number of carbonyl (C=O) groups is 3. The second-order valence-electron chi connectivity index (χ2n) is 8.56. The third kappa shape index (κ3) is 5.70. The van der Waals surface area contributed by atoms with Crippen molar-refractivity contribution in [2.45, 2.75) is 19.4 Å². The van der Waals surface area contributed by atoms with Crippen molar-refractivity contribution in [2.75, 3.05) is 56.0 Å². The second kappa shape index (κ2) is 10.5. The summed E-state index contributed by atoms with van der Waals surface area (Å²) in [5, 5.41) is 5.66. The van der Waals surface area contributed by atoms with Crippen LogP contribution in [0, 0.1) is 6.92 Å². The van der Waals surface area contributed by atoms with Crippen molar-refractivity contribution >= 4 is 29.1 Å². The van der Waals surface area contributed by atoms with Gasteiger partial charge in [-0.25, -0.2) is 0 Å². The molecule has 33 heavy (non-hydrogen) atoms. The first kappa shape index (κ1) is 22.8. The van der Waals surface area contributed by atoms with Gasteiger partial charge < -0.3 is 20.4 Å². The van der Waals surface area contributed by atoms with Crippen molar-refractivity contribution in [1.82, 2.24) is 15.1 Å². The van der Waals surface area contributed by atoms with Crippen LogP contribution >= 0.6 is 0 Å². The van der Waals surface area contributed by atoms with E-state index < -0.39 is 6.04 Å². The number of aryl methyl sites for hydroxylation is 1. The molecule has 4 rings (SSSR count). The number of hydrogen-bond donors (Lipinski definition) is 2. The van der Waals surface area contributed by atoms with Crippen molar-refractivity contribution in [2.24, 2.45) is 0 Å². The van der Waals surface area contributed by atoms with Crippen LogP contribution in [-0.4, -0.2) is 79.4 Å². The zero-order valence-corrected chi connectivity index (χ0v) is 19.0. The maximum absolute atomic E-state index is 13.1. The van der Waals surface area contributed by atoms with Crippen molar-refractivity contribution < 1.29 is 14.4 Å². The molecule has 0 spiro atoms. The van der Waals surface area contributed by atoms with Crippen LogP contribution in [-0.2, 0) is 14.4 Å². The third-order valence-electron chi connectivity index (χ3n) is 6.30. The third-order valence-corrected chi connectivity index (χ3v) is 6.30. The molecule has 8 heteroatoms. The van der Waals surface area contributed by atoms with Gasteiger partial charge in [-0.2, -0.15) is 0 Å². The minimum atomic E-state index is -0.791. The van der Waals surface area contributed by atoms with E-state index >= 15 is 0 Å². The Morgan fingerprint density at radius 1 is 0.970 bits per heavy atom. The maximum atomic E-state index is 13.1. The molecule has 0 unspecified atom stereocenters. The number of hydrogen-bond acceptors (Lipinski definition) is 5. The van der Waals surface area contributed by atoms with E-state index in [1.54, 1.807) is 4.90 Å². The molecular formula is C25H31N5O3. The van der Waals surface area contributed by atoms with Gasteiger partial charge >= 0.3 is 0 Å². The SMILES string of the molecule is Cc1ccccc1NC(=O)C[C@H]1C(=O)NCCN1C(=O)CN1CCN(c2ccccc2)CC1. The number of anilines is 2. The molecular weight excluding hydrogens is 418 g/mol. The maximum Gasteiger partial charge on any atom is 0.243 e. The highest BCUT2D eigenvalue weighted by atomic mass is 16.2. The molecule has 2 aromatic rings. The Labute approximate surface area is 194 Å². The van der Waals surface area contributed by atoms with E-state index in [1.807, 2.05) is 49.4 Å². The summed E-state index contributed by atoms with van der Waals surface area (Å²) >= 11 is 0. The minimum absolute atomic E-state index is 0.0618. The van der Waals surface area contributed by atoms with Gasteiger partial charge in [0.15, 0.2) is 0 Å². The van der Waals surface area contributed by atoms with E-state index in [1.165, 1.54) is 5.69 Å². The number of nitrogens with one attached hydrogen (secondary N) is 2. The highest BCUT2D eigenvalue weighted by molar-refractivity contribution is 5.98.